The van der Waals surface area contributed by atoms with E-state index in [9.17, 15) is 0 Å². The van der Waals surface area contributed by atoms with E-state index in [0.717, 1.165) is 34.9 Å². The predicted octanol–water partition coefficient (Wildman–Crippen LogP) is 6.10. The Labute approximate surface area is 158 Å². The lowest BCUT2D eigenvalue weighted by atomic mass is 10.1. The van der Waals surface area contributed by atoms with Crippen LogP contribution in [0, 0.1) is 0 Å². The second-order valence-corrected chi connectivity index (χ2v) is 6.67. The number of rotatable bonds is 5. The summed E-state index contributed by atoms with van der Waals surface area (Å²) in [5.41, 5.74) is 4.63. The lowest BCUT2D eigenvalue weighted by Crippen LogP contribution is -2.03. The Kier molecular flexibility index (Phi) is 4.85. The van der Waals surface area contributed by atoms with Gasteiger partial charge < -0.3 is 4.57 Å². The van der Waals surface area contributed by atoms with Gasteiger partial charge in [-0.3, -0.25) is 0 Å². The molecule has 0 amide bonds. The fourth-order valence-electron chi connectivity index (χ4n) is 3.09. The molecule has 4 rings (SSSR count). The molecule has 0 saturated carbocycles. The van der Waals surface area contributed by atoms with E-state index in [0.29, 0.717) is 0 Å². The maximum Gasteiger partial charge on any atom is 0.133 e. The van der Waals surface area contributed by atoms with Gasteiger partial charge in [-0.05, 0) is 47.9 Å². The molecule has 26 heavy (non-hydrogen) atoms. The van der Waals surface area contributed by atoms with Gasteiger partial charge in [0.2, 0.25) is 0 Å². The first-order valence-electron chi connectivity index (χ1n) is 8.72. The maximum atomic E-state index is 5.97. The molecule has 1 heterocycles. The van der Waals surface area contributed by atoms with Crippen LogP contribution in [0.15, 0.2) is 78.9 Å². The predicted molar refractivity (Wildman–Crippen MR) is 110 cm³/mol. The third-order valence-electron chi connectivity index (χ3n) is 4.45. The van der Waals surface area contributed by atoms with Crippen molar-refractivity contribution in [1.82, 2.24) is 9.55 Å². The molecule has 1 aromatic heterocycles. The van der Waals surface area contributed by atoms with Crippen LogP contribution in [0.3, 0.4) is 0 Å². The number of imidazole rings is 1. The number of hydrogen-bond donors (Lipinski definition) is 0. The van der Waals surface area contributed by atoms with E-state index < -0.39 is 0 Å². The van der Waals surface area contributed by atoms with Crippen LogP contribution in [-0.2, 0) is 13.0 Å². The van der Waals surface area contributed by atoms with Gasteiger partial charge in [-0.25, -0.2) is 4.98 Å². The van der Waals surface area contributed by atoms with E-state index in [4.69, 9.17) is 16.6 Å². The summed E-state index contributed by atoms with van der Waals surface area (Å²) in [6, 6.07) is 26.7. The van der Waals surface area contributed by atoms with Crippen molar-refractivity contribution in [3.05, 3.63) is 101 Å². The Morgan fingerprint density at radius 2 is 1.54 bits per heavy atom. The number of aryl methyl sites for hydroxylation is 2. The topological polar surface area (TPSA) is 17.8 Å². The van der Waals surface area contributed by atoms with Crippen molar-refractivity contribution in [2.45, 2.75) is 13.0 Å². The van der Waals surface area contributed by atoms with Crippen LogP contribution in [0.1, 0.15) is 17.0 Å². The minimum absolute atomic E-state index is 0.747. The molecule has 0 aliphatic rings. The molecule has 0 bridgehead atoms. The summed E-state index contributed by atoms with van der Waals surface area (Å²) in [5, 5.41) is 0.747. The van der Waals surface area contributed by atoms with Crippen molar-refractivity contribution in [2.24, 2.45) is 0 Å². The highest BCUT2D eigenvalue weighted by Crippen LogP contribution is 2.19. The van der Waals surface area contributed by atoms with E-state index in [-0.39, 0.29) is 0 Å². The van der Waals surface area contributed by atoms with Crippen LogP contribution in [0.25, 0.3) is 23.2 Å². The zero-order valence-corrected chi connectivity index (χ0v) is 15.1. The summed E-state index contributed by atoms with van der Waals surface area (Å²) in [5.74, 6) is 0.970. The van der Waals surface area contributed by atoms with Gasteiger partial charge in [0, 0.05) is 11.6 Å². The molecule has 0 radical (unpaired) electrons. The smallest absolute Gasteiger partial charge is 0.133 e. The van der Waals surface area contributed by atoms with Crippen molar-refractivity contribution >= 4 is 34.8 Å². The molecule has 0 unspecified atom stereocenters. The van der Waals surface area contributed by atoms with E-state index in [1.165, 1.54) is 11.1 Å². The lowest BCUT2D eigenvalue weighted by Gasteiger charge is -2.07. The zero-order chi connectivity index (χ0) is 17.8. The van der Waals surface area contributed by atoms with Gasteiger partial charge in [-0.1, -0.05) is 72.3 Å². The highest BCUT2D eigenvalue weighted by molar-refractivity contribution is 6.30. The molecular formula is C23H19ClN2. The van der Waals surface area contributed by atoms with E-state index in [1.54, 1.807) is 0 Å². The fraction of sp³-hybridized carbons (Fsp3) is 0.0870. The summed E-state index contributed by atoms with van der Waals surface area (Å²) in [6.07, 6.45) is 5.13. The Morgan fingerprint density at radius 3 is 2.35 bits per heavy atom. The van der Waals surface area contributed by atoms with Crippen LogP contribution in [0.5, 0.6) is 0 Å². The van der Waals surface area contributed by atoms with Gasteiger partial charge in [-0.2, -0.15) is 0 Å². The van der Waals surface area contributed by atoms with Gasteiger partial charge >= 0.3 is 0 Å². The number of fused-ring (bicyclic) bond motifs is 1. The van der Waals surface area contributed by atoms with Gasteiger partial charge in [0.25, 0.3) is 0 Å². The summed E-state index contributed by atoms with van der Waals surface area (Å²) < 4.78 is 2.29. The summed E-state index contributed by atoms with van der Waals surface area (Å²) in [6.45, 7) is 0.894. The number of para-hydroxylation sites is 2. The lowest BCUT2D eigenvalue weighted by molar-refractivity contribution is 0.709. The number of halogens is 1. The molecule has 0 fully saturated rings. The fourth-order valence-corrected chi connectivity index (χ4v) is 3.21. The molecule has 0 spiro atoms. The number of benzene rings is 3. The molecule has 0 aliphatic heterocycles. The SMILES string of the molecule is Clc1ccc(C=Cc2nc3ccccc3n2CCc2ccccc2)cc1. The van der Waals surface area contributed by atoms with E-state index in [2.05, 4.69) is 65.3 Å². The molecule has 2 nitrogen and oxygen atoms in total. The van der Waals surface area contributed by atoms with Crippen molar-refractivity contribution in [2.75, 3.05) is 0 Å². The normalized spacial score (nSPS) is 11.4. The van der Waals surface area contributed by atoms with Crippen LogP contribution in [0.2, 0.25) is 5.02 Å². The number of nitrogens with zero attached hydrogens (tertiary/aromatic N) is 2. The summed E-state index contributed by atoms with van der Waals surface area (Å²) >= 11 is 5.97. The average Bonchev–Trinajstić information content (AvgIpc) is 3.04. The maximum absolute atomic E-state index is 5.97. The summed E-state index contributed by atoms with van der Waals surface area (Å²) in [7, 11) is 0. The van der Waals surface area contributed by atoms with Crippen molar-refractivity contribution in [1.29, 1.82) is 0 Å². The van der Waals surface area contributed by atoms with Gasteiger partial charge in [0.1, 0.15) is 5.82 Å². The molecule has 0 atom stereocenters. The Morgan fingerprint density at radius 1 is 0.808 bits per heavy atom. The first-order valence-corrected chi connectivity index (χ1v) is 9.10. The highest BCUT2D eigenvalue weighted by atomic mass is 35.5. The molecule has 0 saturated heterocycles. The molecule has 4 aromatic rings. The highest BCUT2D eigenvalue weighted by Gasteiger charge is 2.08. The first-order chi connectivity index (χ1) is 12.8. The molecule has 3 aromatic carbocycles. The standard InChI is InChI=1S/C23H19ClN2/c24-20-13-10-19(11-14-20)12-15-23-25-21-8-4-5-9-22(21)26(23)17-16-18-6-2-1-3-7-18/h1-15H,16-17H2. The van der Waals surface area contributed by atoms with Crippen LogP contribution >= 0.6 is 11.6 Å². The van der Waals surface area contributed by atoms with Gasteiger partial charge in [0.15, 0.2) is 0 Å². The van der Waals surface area contributed by atoms with Gasteiger partial charge in [-0.15, -0.1) is 0 Å². The van der Waals surface area contributed by atoms with Crippen LogP contribution in [0.4, 0.5) is 0 Å². The Balaban J connectivity index is 1.66. The van der Waals surface area contributed by atoms with Gasteiger partial charge in [0.05, 0.1) is 11.0 Å². The second-order valence-electron chi connectivity index (χ2n) is 6.23. The van der Waals surface area contributed by atoms with Crippen molar-refractivity contribution in [3.63, 3.8) is 0 Å². The van der Waals surface area contributed by atoms with E-state index >= 15 is 0 Å². The molecule has 0 aliphatic carbocycles. The Hall–Kier alpha value is -2.84. The minimum Gasteiger partial charge on any atom is -0.324 e. The number of aromatic nitrogens is 2. The molecule has 3 heteroatoms. The zero-order valence-electron chi connectivity index (χ0n) is 14.3. The molecular weight excluding hydrogens is 340 g/mol. The summed E-state index contributed by atoms with van der Waals surface area (Å²) in [4.78, 5) is 4.81. The quantitative estimate of drug-likeness (QED) is 0.421. The first kappa shape index (κ1) is 16.6. The monoisotopic (exact) mass is 358 g/mol. The average molecular weight is 359 g/mol. The minimum atomic E-state index is 0.747. The van der Waals surface area contributed by atoms with Crippen LogP contribution in [-0.4, -0.2) is 9.55 Å². The van der Waals surface area contributed by atoms with Crippen molar-refractivity contribution in [3.8, 4) is 0 Å². The molecule has 128 valence electrons. The Bertz CT molecular complexity index is 1030. The molecule has 0 N–H and O–H groups in total. The number of hydrogen-bond acceptors (Lipinski definition) is 1. The van der Waals surface area contributed by atoms with E-state index in [1.807, 2.05) is 30.3 Å². The third-order valence-corrected chi connectivity index (χ3v) is 4.70. The van der Waals surface area contributed by atoms with Crippen molar-refractivity contribution < 1.29 is 0 Å². The van der Waals surface area contributed by atoms with Crippen LogP contribution < -0.4 is 0 Å². The second kappa shape index (κ2) is 7.59. The third kappa shape index (κ3) is 3.71. The largest absolute Gasteiger partial charge is 0.324 e.